The average molecular weight is 499 g/mol. The van der Waals surface area contributed by atoms with E-state index in [1.54, 1.807) is 11.3 Å². The van der Waals surface area contributed by atoms with Crippen LogP contribution in [-0.2, 0) is 14.5 Å². The summed E-state index contributed by atoms with van der Waals surface area (Å²) >= 11 is 1.61. The Morgan fingerprint density at radius 2 is 1.82 bits per heavy atom. The molecule has 3 aromatic rings. The summed E-state index contributed by atoms with van der Waals surface area (Å²) in [5, 5.41) is 0. The first-order chi connectivity index (χ1) is 15.5. The van der Waals surface area contributed by atoms with Crippen molar-refractivity contribution in [1.29, 1.82) is 0 Å². The van der Waals surface area contributed by atoms with Crippen LogP contribution in [0, 0.1) is 0 Å². The van der Waals surface area contributed by atoms with Crippen molar-refractivity contribution in [1.82, 2.24) is 19.9 Å². The summed E-state index contributed by atoms with van der Waals surface area (Å²) in [4.78, 5) is 27.9. The van der Waals surface area contributed by atoms with Crippen LogP contribution in [0.3, 0.4) is 0 Å². The van der Waals surface area contributed by atoms with Crippen LogP contribution in [0.1, 0.15) is 18.5 Å². The molecule has 2 aromatic heterocycles. The van der Waals surface area contributed by atoms with Crippen molar-refractivity contribution >= 4 is 43.1 Å². The first-order valence-electron chi connectivity index (χ1n) is 10.0. The molecule has 0 saturated carbocycles. The number of benzene rings is 1. The SMILES string of the molecule is C[C@@H](c1ccc2scnc2c1)N1CCN(c2ncc([S@@](C)(=O)=NC(=O)C(F)(F)F)cn2)CC1. The van der Waals surface area contributed by atoms with E-state index in [0.717, 1.165) is 42.0 Å². The Hall–Kier alpha value is -2.64. The topological polar surface area (TPSA) is 91.7 Å². The Labute approximate surface area is 192 Å². The number of hydrogen-bond acceptors (Lipinski definition) is 8. The number of piperazine rings is 1. The van der Waals surface area contributed by atoms with Crippen LogP contribution in [-0.4, -0.2) is 68.6 Å². The molecule has 13 heteroatoms. The fraction of sp³-hybridized carbons (Fsp3) is 0.400. The van der Waals surface area contributed by atoms with E-state index >= 15 is 0 Å². The number of fused-ring (bicyclic) bond motifs is 1. The predicted octanol–water partition coefficient (Wildman–Crippen LogP) is 3.52. The smallest absolute Gasteiger partial charge is 0.338 e. The molecule has 0 spiro atoms. The van der Waals surface area contributed by atoms with E-state index in [1.807, 2.05) is 10.4 Å². The van der Waals surface area contributed by atoms with Crippen LogP contribution >= 0.6 is 11.3 Å². The minimum absolute atomic E-state index is 0.131. The van der Waals surface area contributed by atoms with Gasteiger partial charge in [0.2, 0.25) is 5.95 Å². The van der Waals surface area contributed by atoms with E-state index in [0.29, 0.717) is 19.0 Å². The highest BCUT2D eigenvalue weighted by Crippen LogP contribution is 2.27. The highest BCUT2D eigenvalue weighted by Gasteiger charge is 2.39. The molecule has 8 nitrogen and oxygen atoms in total. The second-order valence-corrected chi connectivity index (χ2v) is 10.8. The van der Waals surface area contributed by atoms with Gasteiger partial charge in [-0.3, -0.25) is 9.69 Å². The number of carbonyl (C=O) groups excluding carboxylic acids is 1. The van der Waals surface area contributed by atoms with E-state index in [-0.39, 0.29) is 10.9 Å². The number of anilines is 1. The summed E-state index contributed by atoms with van der Waals surface area (Å²) in [7, 11) is -3.60. The molecule has 0 radical (unpaired) electrons. The molecule has 0 unspecified atom stereocenters. The highest BCUT2D eigenvalue weighted by molar-refractivity contribution is 7.93. The Kier molecular flexibility index (Phi) is 6.38. The number of thiazole rings is 1. The van der Waals surface area contributed by atoms with Crippen molar-refractivity contribution in [2.45, 2.75) is 24.0 Å². The van der Waals surface area contributed by atoms with E-state index in [9.17, 15) is 22.2 Å². The van der Waals surface area contributed by atoms with Gasteiger partial charge in [0.05, 0.1) is 30.4 Å². The summed E-state index contributed by atoms with van der Waals surface area (Å²) in [6.45, 7) is 4.99. The van der Waals surface area contributed by atoms with Crippen molar-refractivity contribution in [3.63, 3.8) is 0 Å². The van der Waals surface area contributed by atoms with Gasteiger partial charge in [-0.1, -0.05) is 6.07 Å². The van der Waals surface area contributed by atoms with E-state index in [2.05, 4.69) is 49.3 Å². The van der Waals surface area contributed by atoms with Crippen LogP contribution in [0.4, 0.5) is 19.1 Å². The zero-order valence-electron chi connectivity index (χ0n) is 17.8. The number of nitrogens with zero attached hydrogens (tertiary/aromatic N) is 6. The van der Waals surface area contributed by atoms with Crippen molar-refractivity contribution in [2.24, 2.45) is 4.36 Å². The largest absolute Gasteiger partial charge is 0.474 e. The zero-order chi connectivity index (χ0) is 23.8. The fourth-order valence-electron chi connectivity index (χ4n) is 3.59. The molecule has 0 bridgehead atoms. The summed E-state index contributed by atoms with van der Waals surface area (Å²) in [6, 6.07) is 6.53. The van der Waals surface area contributed by atoms with Crippen LogP contribution in [0.25, 0.3) is 10.2 Å². The molecule has 0 aliphatic carbocycles. The maximum Gasteiger partial charge on any atom is 0.474 e. The molecule has 1 fully saturated rings. The minimum atomic E-state index is -5.18. The van der Waals surface area contributed by atoms with E-state index in [4.69, 9.17) is 0 Å². The van der Waals surface area contributed by atoms with Gasteiger partial charge in [-0.25, -0.2) is 19.2 Å². The van der Waals surface area contributed by atoms with Crippen LogP contribution in [0.15, 0.2) is 45.4 Å². The van der Waals surface area contributed by atoms with Gasteiger partial charge in [-0.2, -0.15) is 13.2 Å². The third kappa shape index (κ3) is 5.14. The van der Waals surface area contributed by atoms with Gasteiger partial charge in [-0.05, 0) is 24.6 Å². The standard InChI is InChI=1S/C20H21F3N6O2S2/c1-13(14-3-4-17-16(9-14)26-12-32-17)28-5-7-29(8-6-28)19-24-10-15(11-25-19)33(2,31)27-18(30)20(21,22)23/h3-4,9-13H,5-8H2,1-2H3/t13-,33+/m0/s1. The highest BCUT2D eigenvalue weighted by atomic mass is 32.2. The Morgan fingerprint density at radius 3 is 2.45 bits per heavy atom. The quantitative estimate of drug-likeness (QED) is 0.544. The molecule has 2 atom stereocenters. The Bertz CT molecular complexity index is 1280. The molecule has 1 amide bonds. The number of halogens is 3. The molecule has 1 aromatic carbocycles. The number of aromatic nitrogens is 3. The van der Waals surface area contributed by atoms with Gasteiger partial charge in [0.15, 0.2) is 0 Å². The number of rotatable bonds is 4. The minimum Gasteiger partial charge on any atom is -0.338 e. The first-order valence-corrected chi connectivity index (χ1v) is 12.8. The normalized spacial score (nSPS) is 18.2. The second-order valence-electron chi connectivity index (χ2n) is 7.69. The van der Waals surface area contributed by atoms with Crippen molar-refractivity contribution in [3.8, 4) is 0 Å². The number of carbonyl (C=O) groups is 1. The number of amides is 1. The van der Waals surface area contributed by atoms with Gasteiger partial charge >= 0.3 is 12.1 Å². The summed E-state index contributed by atoms with van der Waals surface area (Å²) < 4.78 is 53.8. The molecule has 3 heterocycles. The lowest BCUT2D eigenvalue weighted by atomic mass is 10.1. The van der Waals surface area contributed by atoms with Gasteiger partial charge in [0, 0.05) is 50.9 Å². The van der Waals surface area contributed by atoms with E-state index in [1.165, 1.54) is 5.56 Å². The zero-order valence-corrected chi connectivity index (χ0v) is 19.5. The van der Waals surface area contributed by atoms with Crippen LogP contribution < -0.4 is 4.90 Å². The molecule has 0 N–H and O–H groups in total. The van der Waals surface area contributed by atoms with Crippen LogP contribution in [0.2, 0.25) is 0 Å². The predicted molar refractivity (Wildman–Crippen MR) is 120 cm³/mol. The lowest BCUT2D eigenvalue weighted by Gasteiger charge is -2.38. The Morgan fingerprint density at radius 1 is 1.15 bits per heavy atom. The lowest BCUT2D eigenvalue weighted by Crippen LogP contribution is -2.47. The molecular formula is C20H21F3N6O2S2. The van der Waals surface area contributed by atoms with Crippen LogP contribution in [0.5, 0.6) is 0 Å². The third-order valence-corrected chi connectivity index (χ3v) is 7.94. The molecule has 33 heavy (non-hydrogen) atoms. The average Bonchev–Trinajstić information content (AvgIpc) is 3.26. The van der Waals surface area contributed by atoms with Gasteiger partial charge in [0.25, 0.3) is 0 Å². The number of alkyl halides is 3. The van der Waals surface area contributed by atoms with Gasteiger partial charge in [0.1, 0.15) is 0 Å². The van der Waals surface area contributed by atoms with Gasteiger partial charge < -0.3 is 4.90 Å². The van der Waals surface area contributed by atoms with Crippen molar-refractivity contribution in [3.05, 3.63) is 41.7 Å². The second kappa shape index (κ2) is 8.95. The maximum atomic E-state index is 12.5. The van der Waals surface area contributed by atoms with Crippen molar-refractivity contribution < 1.29 is 22.2 Å². The van der Waals surface area contributed by atoms with Crippen molar-refractivity contribution in [2.75, 3.05) is 37.3 Å². The maximum absolute atomic E-state index is 12.5. The first kappa shape index (κ1) is 23.5. The fourth-order valence-corrected chi connectivity index (χ4v) is 5.27. The summed E-state index contributed by atoms with van der Waals surface area (Å²) in [6.07, 6.45) is -1.90. The molecular weight excluding hydrogens is 477 g/mol. The van der Waals surface area contributed by atoms with Gasteiger partial charge in [-0.15, -0.1) is 15.7 Å². The summed E-state index contributed by atoms with van der Waals surface area (Å²) in [5.74, 6) is -2.01. The number of hydrogen-bond donors (Lipinski definition) is 0. The summed E-state index contributed by atoms with van der Waals surface area (Å²) in [5.41, 5.74) is 4.02. The Balaban J connectivity index is 1.41. The monoisotopic (exact) mass is 498 g/mol. The van der Waals surface area contributed by atoms with E-state index < -0.39 is 21.8 Å². The molecule has 1 saturated heterocycles. The molecule has 176 valence electrons. The molecule has 4 rings (SSSR count). The third-order valence-electron chi connectivity index (χ3n) is 5.53. The lowest BCUT2D eigenvalue weighted by molar-refractivity contribution is -0.169. The molecule has 1 aliphatic rings. The molecule has 1 aliphatic heterocycles.